The number of benzene rings is 1. The van der Waals surface area contributed by atoms with E-state index in [1.54, 1.807) is 19.4 Å². The molecule has 0 spiro atoms. The predicted molar refractivity (Wildman–Crippen MR) is 167 cm³/mol. The first-order chi connectivity index (χ1) is 20.9. The lowest BCUT2D eigenvalue weighted by atomic mass is 9.93. The minimum absolute atomic E-state index is 0.0920. The Labute approximate surface area is 258 Å². The average molecular weight is 605 g/mol. The summed E-state index contributed by atoms with van der Waals surface area (Å²) in [6.07, 6.45) is 3.01. The van der Waals surface area contributed by atoms with Crippen molar-refractivity contribution >= 4 is 28.6 Å². The van der Waals surface area contributed by atoms with Crippen LogP contribution in [-0.4, -0.2) is 64.5 Å². The van der Waals surface area contributed by atoms with Gasteiger partial charge < -0.3 is 30.7 Å². The van der Waals surface area contributed by atoms with Crippen molar-refractivity contribution < 1.29 is 19.1 Å². The van der Waals surface area contributed by atoms with E-state index < -0.39 is 29.9 Å². The molecule has 1 saturated heterocycles. The highest BCUT2D eigenvalue weighted by Gasteiger charge is 2.34. The molecular weight excluding hydrogens is 560 g/mol. The highest BCUT2D eigenvalue weighted by Crippen LogP contribution is 2.26. The number of rotatable bonds is 13. The molecule has 236 valence electrons. The van der Waals surface area contributed by atoms with Gasteiger partial charge in [0.25, 0.3) is 5.91 Å². The summed E-state index contributed by atoms with van der Waals surface area (Å²) in [5, 5.41) is 22.9. The average Bonchev–Trinajstić information content (AvgIpc) is 3.72. The van der Waals surface area contributed by atoms with Crippen molar-refractivity contribution in [2.45, 2.75) is 84.0 Å². The lowest BCUT2D eigenvalue weighted by Crippen LogP contribution is -2.56. The van der Waals surface area contributed by atoms with Crippen molar-refractivity contribution in [3.05, 3.63) is 47.7 Å². The number of carbonyl (C=O) groups is 3. The van der Waals surface area contributed by atoms with E-state index in [-0.39, 0.29) is 29.6 Å². The van der Waals surface area contributed by atoms with E-state index in [0.717, 1.165) is 22.4 Å². The molecule has 0 radical (unpaired) electrons. The van der Waals surface area contributed by atoms with Crippen LogP contribution in [0.3, 0.4) is 0 Å². The van der Waals surface area contributed by atoms with Gasteiger partial charge in [0.05, 0.1) is 19.2 Å². The number of H-pyrrole nitrogens is 2. The summed E-state index contributed by atoms with van der Waals surface area (Å²) >= 11 is 0. The molecule has 0 bridgehead atoms. The number of hydrogen-bond donors (Lipinski definition) is 6. The van der Waals surface area contributed by atoms with Crippen LogP contribution in [0.1, 0.15) is 75.9 Å². The molecule has 1 aliphatic rings. The largest absolute Gasteiger partial charge is 0.496 e. The molecule has 4 unspecified atom stereocenters. The summed E-state index contributed by atoms with van der Waals surface area (Å²) in [6.45, 7) is 11.0. The van der Waals surface area contributed by atoms with Crippen molar-refractivity contribution in [2.24, 2.45) is 11.8 Å². The van der Waals surface area contributed by atoms with Gasteiger partial charge in [-0.1, -0.05) is 40.7 Å². The quantitative estimate of drug-likeness (QED) is 0.174. The number of carbonyl (C=O) groups excluding carboxylic acids is 3. The molecular formula is C32H44N8O4. The van der Waals surface area contributed by atoms with Crippen LogP contribution < -0.4 is 26.0 Å². The molecule has 1 aliphatic heterocycles. The number of imidazole rings is 1. The van der Waals surface area contributed by atoms with Gasteiger partial charge in [0.2, 0.25) is 11.8 Å². The van der Waals surface area contributed by atoms with Crippen molar-refractivity contribution in [1.82, 2.24) is 36.2 Å². The van der Waals surface area contributed by atoms with Gasteiger partial charge in [-0.2, -0.15) is 5.26 Å². The van der Waals surface area contributed by atoms with Crippen LogP contribution in [0.2, 0.25) is 0 Å². The van der Waals surface area contributed by atoms with Gasteiger partial charge in [0.1, 0.15) is 29.4 Å². The fourth-order valence-electron chi connectivity index (χ4n) is 5.43. The second kappa shape index (κ2) is 13.9. The van der Waals surface area contributed by atoms with E-state index in [0.29, 0.717) is 37.4 Å². The first-order valence-electron chi connectivity index (χ1n) is 15.1. The zero-order chi connectivity index (χ0) is 32.0. The number of hydrogen-bond acceptors (Lipinski definition) is 7. The van der Waals surface area contributed by atoms with Gasteiger partial charge in [-0.3, -0.25) is 19.7 Å². The summed E-state index contributed by atoms with van der Waals surface area (Å²) in [4.78, 5) is 50.5. The van der Waals surface area contributed by atoms with Gasteiger partial charge in [-0.05, 0) is 43.4 Å². The summed E-state index contributed by atoms with van der Waals surface area (Å²) in [5.74, 6) is 0.282. The first-order valence-corrected chi connectivity index (χ1v) is 15.1. The maximum atomic E-state index is 13.8. The van der Waals surface area contributed by atoms with E-state index in [1.807, 2.05) is 32.0 Å². The molecule has 2 aromatic heterocycles. The van der Waals surface area contributed by atoms with Crippen LogP contribution in [0, 0.1) is 23.2 Å². The molecule has 1 fully saturated rings. The Bertz CT molecular complexity index is 1510. The molecule has 12 heteroatoms. The Balaban J connectivity index is 1.51. The number of amides is 3. The fraction of sp³-hybridized carbons (Fsp3) is 0.531. The Hall–Kier alpha value is -4.37. The molecule has 4 rings (SSSR count). The summed E-state index contributed by atoms with van der Waals surface area (Å²) < 4.78 is 5.41. The Kier molecular flexibility index (Phi) is 10.3. The van der Waals surface area contributed by atoms with Crippen LogP contribution >= 0.6 is 0 Å². The highest BCUT2D eigenvalue weighted by atomic mass is 16.5. The standard InChI is InChI=1S/C32H44N8O4/c1-18(2)12-24(40-30(43)25-14-21-22(38-25)8-7-9-27(21)44-6)29(42)39-23(13-19-10-11-34-28(19)41)26(15-33)35-16-20-17-36-31(37-20)32(3,4)5/h7-9,14,17-19,23-24,26,35,38H,10-13,16H2,1-6H3,(H,34,41)(H,36,37)(H,39,42)(H,40,43). The van der Waals surface area contributed by atoms with Gasteiger partial charge in [-0.25, -0.2) is 4.98 Å². The van der Waals surface area contributed by atoms with Gasteiger partial charge >= 0.3 is 0 Å². The molecule has 3 heterocycles. The zero-order valence-corrected chi connectivity index (χ0v) is 26.3. The molecule has 6 N–H and O–H groups in total. The Morgan fingerprint density at radius 2 is 1.98 bits per heavy atom. The number of methoxy groups -OCH3 is 1. The zero-order valence-electron chi connectivity index (χ0n) is 26.3. The van der Waals surface area contributed by atoms with Crippen LogP contribution in [0.4, 0.5) is 0 Å². The maximum absolute atomic E-state index is 13.8. The van der Waals surface area contributed by atoms with E-state index in [2.05, 4.69) is 63.1 Å². The maximum Gasteiger partial charge on any atom is 0.268 e. The molecule has 0 saturated carbocycles. The monoisotopic (exact) mass is 604 g/mol. The smallest absolute Gasteiger partial charge is 0.268 e. The Morgan fingerprint density at radius 1 is 1.20 bits per heavy atom. The third-order valence-electron chi connectivity index (χ3n) is 7.84. The highest BCUT2D eigenvalue weighted by molar-refractivity contribution is 6.01. The summed E-state index contributed by atoms with van der Waals surface area (Å²) in [7, 11) is 1.57. The molecule has 3 aromatic rings. The topological polar surface area (TPSA) is 177 Å². The van der Waals surface area contributed by atoms with Gasteiger partial charge in [-0.15, -0.1) is 0 Å². The van der Waals surface area contributed by atoms with E-state index in [1.165, 1.54) is 0 Å². The number of nitrogens with zero attached hydrogens (tertiary/aromatic N) is 2. The van der Waals surface area contributed by atoms with Crippen LogP contribution in [0.5, 0.6) is 5.75 Å². The van der Waals surface area contributed by atoms with E-state index >= 15 is 0 Å². The molecule has 44 heavy (non-hydrogen) atoms. The second-order valence-corrected chi connectivity index (χ2v) is 12.9. The number of fused-ring (bicyclic) bond motifs is 1. The Morgan fingerprint density at radius 3 is 2.59 bits per heavy atom. The van der Waals surface area contributed by atoms with Crippen LogP contribution in [0.25, 0.3) is 10.9 Å². The normalized spacial score (nSPS) is 17.1. The minimum Gasteiger partial charge on any atom is -0.496 e. The number of nitriles is 1. The van der Waals surface area contributed by atoms with Crippen molar-refractivity contribution in [2.75, 3.05) is 13.7 Å². The lowest BCUT2D eigenvalue weighted by Gasteiger charge is -2.28. The van der Waals surface area contributed by atoms with Crippen molar-refractivity contribution in [1.29, 1.82) is 5.26 Å². The molecule has 12 nitrogen and oxygen atoms in total. The number of aromatic amines is 2. The van der Waals surface area contributed by atoms with Crippen LogP contribution in [-0.2, 0) is 21.5 Å². The first kappa shape index (κ1) is 32.5. The predicted octanol–water partition coefficient (Wildman–Crippen LogP) is 3.03. The van der Waals surface area contributed by atoms with Crippen molar-refractivity contribution in [3.63, 3.8) is 0 Å². The minimum atomic E-state index is -0.864. The molecule has 3 amide bonds. The molecule has 0 aliphatic carbocycles. The number of aromatic nitrogens is 3. The SMILES string of the molecule is COc1cccc2[nH]c(C(=O)NC(CC(C)C)C(=O)NC(CC3CCNC3=O)C(C#N)NCc3cnc(C(C)(C)C)[nH]3)cc12. The molecule has 1 aromatic carbocycles. The van der Waals surface area contributed by atoms with Gasteiger partial charge in [0.15, 0.2) is 0 Å². The fourth-order valence-corrected chi connectivity index (χ4v) is 5.43. The number of ether oxygens (including phenoxy) is 1. The third-order valence-corrected chi connectivity index (χ3v) is 7.84. The number of nitrogens with one attached hydrogen (secondary N) is 6. The van der Waals surface area contributed by atoms with Crippen LogP contribution in [0.15, 0.2) is 30.5 Å². The lowest BCUT2D eigenvalue weighted by molar-refractivity contribution is -0.126. The second-order valence-electron chi connectivity index (χ2n) is 12.9. The third kappa shape index (κ3) is 7.96. The van der Waals surface area contributed by atoms with Gasteiger partial charge in [0, 0.05) is 47.2 Å². The van der Waals surface area contributed by atoms with Crippen molar-refractivity contribution in [3.8, 4) is 11.8 Å². The summed E-state index contributed by atoms with van der Waals surface area (Å²) in [6, 6.07) is 7.12. The van der Waals surface area contributed by atoms with E-state index in [4.69, 9.17) is 4.74 Å². The summed E-state index contributed by atoms with van der Waals surface area (Å²) in [5.41, 5.74) is 1.69. The van der Waals surface area contributed by atoms with E-state index in [9.17, 15) is 19.6 Å². The molecule has 4 atom stereocenters.